The molecule has 7 heteroatoms. The maximum atomic E-state index is 12.2. The molecule has 0 fully saturated rings. The van der Waals surface area contributed by atoms with Crippen molar-refractivity contribution in [2.24, 2.45) is 0 Å². The molecule has 1 unspecified atom stereocenters. The van der Waals surface area contributed by atoms with Gasteiger partial charge in [0, 0.05) is 4.47 Å². The van der Waals surface area contributed by atoms with Crippen LogP contribution in [0.1, 0.15) is 23.6 Å². The van der Waals surface area contributed by atoms with E-state index in [4.69, 9.17) is 14.7 Å². The van der Waals surface area contributed by atoms with Crippen molar-refractivity contribution in [1.82, 2.24) is 5.32 Å². The second kappa shape index (κ2) is 9.59. The summed E-state index contributed by atoms with van der Waals surface area (Å²) in [4.78, 5) is 23.9. The second-order valence-electron chi connectivity index (χ2n) is 5.38. The number of nitriles is 1. The molecule has 6 nitrogen and oxygen atoms in total. The van der Waals surface area contributed by atoms with Gasteiger partial charge in [-0.3, -0.25) is 9.59 Å². The normalized spacial score (nSPS) is 11.1. The minimum atomic E-state index is -0.521. The Labute approximate surface area is 159 Å². The highest BCUT2D eigenvalue weighted by molar-refractivity contribution is 9.10. The number of hydrogen-bond donors (Lipinski definition) is 1. The third-order valence-corrected chi connectivity index (χ3v) is 4.09. The highest BCUT2D eigenvalue weighted by atomic mass is 79.9. The minimum absolute atomic E-state index is 0.0146. The fourth-order valence-corrected chi connectivity index (χ4v) is 2.47. The average Bonchev–Trinajstić information content (AvgIpc) is 2.66. The molecular weight excluding hydrogens is 400 g/mol. The number of nitrogens with one attached hydrogen (secondary N) is 1. The quantitative estimate of drug-likeness (QED) is 0.700. The lowest BCUT2D eigenvalue weighted by atomic mass is 10.0. The number of esters is 1. The van der Waals surface area contributed by atoms with Crippen molar-refractivity contribution >= 4 is 27.8 Å². The molecule has 0 aliphatic carbocycles. The Morgan fingerprint density at radius 2 is 1.81 bits per heavy atom. The Kier molecular flexibility index (Phi) is 7.18. The number of ether oxygens (including phenoxy) is 2. The fraction of sp³-hybridized carbons (Fsp3) is 0.211. The third kappa shape index (κ3) is 5.90. The van der Waals surface area contributed by atoms with Crippen LogP contribution in [0, 0.1) is 11.3 Å². The zero-order valence-electron chi connectivity index (χ0n) is 14.1. The molecule has 0 radical (unpaired) electrons. The van der Waals surface area contributed by atoms with E-state index in [0.29, 0.717) is 11.3 Å². The summed E-state index contributed by atoms with van der Waals surface area (Å²) in [5.41, 5.74) is 1.29. The van der Waals surface area contributed by atoms with Crippen LogP contribution >= 0.6 is 15.9 Å². The van der Waals surface area contributed by atoms with Gasteiger partial charge >= 0.3 is 5.97 Å². The third-order valence-electron chi connectivity index (χ3n) is 3.56. The van der Waals surface area contributed by atoms with Gasteiger partial charge in [0.1, 0.15) is 5.75 Å². The highest BCUT2D eigenvalue weighted by Crippen LogP contribution is 2.20. The van der Waals surface area contributed by atoms with Crippen molar-refractivity contribution in [2.45, 2.75) is 12.5 Å². The number of carbonyl (C=O) groups excluding carboxylic acids is 2. The maximum absolute atomic E-state index is 12.2. The van der Waals surface area contributed by atoms with E-state index in [-0.39, 0.29) is 18.9 Å². The largest absolute Gasteiger partial charge is 0.484 e. The number of methoxy groups -OCH3 is 1. The van der Waals surface area contributed by atoms with Gasteiger partial charge in [0.25, 0.3) is 5.91 Å². The van der Waals surface area contributed by atoms with E-state index in [1.54, 1.807) is 24.3 Å². The first kappa shape index (κ1) is 19.5. The van der Waals surface area contributed by atoms with E-state index >= 15 is 0 Å². The van der Waals surface area contributed by atoms with E-state index in [9.17, 15) is 9.59 Å². The van der Waals surface area contributed by atoms with Crippen LogP contribution in [-0.4, -0.2) is 25.6 Å². The molecule has 1 N–H and O–H groups in total. The number of nitrogens with zero attached hydrogens (tertiary/aromatic N) is 1. The molecule has 2 aromatic carbocycles. The molecule has 0 saturated carbocycles. The standard InChI is InChI=1S/C19H17BrN2O4/c1-25-19(24)10-17(14-4-6-15(20)7-5-14)22-18(23)12-26-16-8-2-13(11-21)3-9-16/h2-9,17H,10,12H2,1H3,(H,22,23). The summed E-state index contributed by atoms with van der Waals surface area (Å²) in [6.07, 6.45) is 0.0146. The molecule has 0 saturated heterocycles. The summed E-state index contributed by atoms with van der Waals surface area (Å²) in [6.45, 7) is -0.208. The topological polar surface area (TPSA) is 88.4 Å². The first-order chi connectivity index (χ1) is 12.5. The molecule has 134 valence electrons. The highest BCUT2D eigenvalue weighted by Gasteiger charge is 2.19. The number of hydrogen-bond acceptors (Lipinski definition) is 5. The van der Waals surface area contributed by atoms with Crippen molar-refractivity contribution < 1.29 is 19.1 Å². The van der Waals surface area contributed by atoms with Gasteiger partial charge in [0.05, 0.1) is 31.2 Å². The Hall–Kier alpha value is -2.85. The number of carbonyl (C=O) groups is 2. The molecule has 2 aromatic rings. The van der Waals surface area contributed by atoms with E-state index in [1.165, 1.54) is 7.11 Å². The lowest BCUT2D eigenvalue weighted by molar-refractivity contribution is -0.141. The molecule has 0 aromatic heterocycles. The fourth-order valence-electron chi connectivity index (χ4n) is 2.21. The van der Waals surface area contributed by atoms with Gasteiger partial charge in [-0.1, -0.05) is 28.1 Å². The predicted molar refractivity (Wildman–Crippen MR) is 98.3 cm³/mol. The van der Waals surface area contributed by atoms with Gasteiger partial charge in [-0.2, -0.15) is 5.26 Å². The number of benzene rings is 2. The smallest absolute Gasteiger partial charge is 0.307 e. The summed E-state index contributed by atoms with van der Waals surface area (Å²) in [5, 5.41) is 11.5. The molecule has 0 spiro atoms. The van der Waals surface area contributed by atoms with Crippen molar-refractivity contribution in [1.29, 1.82) is 5.26 Å². The number of halogens is 1. The number of rotatable bonds is 7. The van der Waals surface area contributed by atoms with Crippen LogP contribution in [0.2, 0.25) is 0 Å². The van der Waals surface area contributed by atoms with Gasteiger partial charge in [0.15, 0.2) is 6.61 Å². The molecule has 1 amide bonds. The molecular formula is C19H17BrN2O4. The molecule has 0 bridgehead atoms. The van der Waals surface area contributed by atoms with Crippen LogP contribution in [-0.2, 0) is 14.3 Å². The van der Waals surface area contributed by atoms with E-state index in [2.05, 4.69) is 21.2 Å². The number of amides is 1. The molecule has 26 heavy (non-hydrogen) atoms. The first-order valence-corrected chi connectivity index (χ1v) is 8.55. The average molecular weight is 417 g/mol. The van der Waals surface area contributed by atoms with Crippen molar-refractivity contribution in [3.05, 3.63) is 64.1 Å². The molecule has 0 heterocycles. The van der Waals surface area contributed by atoms with Gasteiger partial charge in [-0.15, -0.1) is 0 Å². The van der Waals surface area contributed by atoms with Gasteiger partial charge in [0.2, 0.25) is 0 Å². The zero-order chi connectivity index (χ0) is 18.9. The van der Waals surface area contributed by atoms with Crippen molar-refractivity contribution in [3.8, 4) is 11.8 Å². The Balaban J connectivity index is 1.99. The van der Waals surface area contributed by atoms with Crippen LogP contribution < -0.4 is 10.1 Å². The first-order valence-electron chi connectivity index (χ1n) is 7.76. The Bertz CT molecular complexity index is 798. The molecule has 2 rings (SSSR count). The molecule has 0 aliphatic rings. The van der Waals surface area contributed by atoms with Gasteiger partial charge < -0.3 is 14.8 Å². The predicted octanol–water partition coefficient (Wildman–Crippen LogP) is 3.12. The summed E-state index contributed by atoms with van der Waals surface area (Å²) >= 11 is 3.35. The van der Waals surface area contributed by atoms with Crippen molar-refractivity contribution in [2.75, 3.05) is 13.7 Å². The zero-order valence-corrected chi connectivity index (χ0v) is 15.7. The van der Waals surface area contributed by atoms with E-state index in [1.807, 2.05) is 30.3 Å². The van der Waals surface area contributed by atoms with Crippen LogP contribution in [0.25, 0.3) is 0 Å². The molecule has 1 atom stereocenters. The lowest BCUT2D eigenvalue weighted by Crippen LogP contribution is -2.34. The second-order valence-corrected chi connectivity index (χ2v) is 6.29. The van der Waals surface area contributed by atoms with Crippen molar-refractivity contribution in [3.63, 3.8) is 0 Å². The monoisotopic (exact) mass is 416 g/mol. The minimum Gasteiger partial charge on any atom is -0.484 e. The maximum Gasteiger partial charge on any atom is 0.307 e. The summed E-state index contributed by atoms with van der Waals surface area (Å²) < 4.78 is 11.0. The van der Waals surface area contributed by atoms with Gasteiger partial charge in [-0.05, 0) is 42.0 Å². The van der Waals surface area contributed by atoms with Crippen LogP contribution in [0.15, 0.2) is 53.0 Å². The van der Waals surface area contributed by atoms with Gasteiger partial charge in [-0.25, -0.2) is 0 Å². The lowest BCUT2D eigenvalue weighted by Gasteiger charge is -2.18. The van der Waals surface area contributed by atoms with Crippen LogP contribution in [0.4, 0.5) is 0 Å². The summed E-state index contributed by atoms with van der Waals surface area (Å²) in [7, 11) is 1.30. The SMILES string of the molecule is COC(=O)CC(NC(=O)COc1ccc(C#N)cc1)c1ccc(Br)cc1. The summed E-state index contributed by atoms with van der Waals surface area (Å²) in [6, 6.07) is 15.2. The Morgan fingerprint density at radius 3 is 2.38 bits per heavy atom. The van der Waals surface area contributed by atoms with Crippen LogP contribution in [0.5, 0.6) is 5.75 Å². The van der Waals surface area contributed by atoms with E-state index < -0.39 is 12.0 Å². The molecule has 0 aliphatic heterocycles. The summed E-state index contributed by atoms with van der Waals surface area (Å²) in [5.74, 6) is -0.315. The Morgan fingerprint density at radius 1 is 1.15 bits per heavy atom. The van der Waals surface area contributed by atoms with Crippen LogP contribution in [0.3, 0.4) is 0 Å². The van der Waals surface area contributed by atoms with E-state index in [0.717, 1.165) is 10.0 Å².